The number of allylic oxidation sites excluding steroid dienone is 5. The van der Waals surface area contributed by atoms with E-state index in [2.05, 4.69) is 19.7 Å². The molecule has 0 aliphatic carbocycles. The molecule has 62 valence electrons. The van der Waals surface area contributed by atoms with E-state index in [0.29, 0.717) is 0 Å². The largest absolute Gasteiger partial charge is 0.0985 e. The first-order chi connectivity index (χ1) is 5.20. The van der Waals surface area contributed by atoms with Crippen LogP contribution in [0.25, 0.3) is 0 Å². The molecule has 11 heavy (non-hydrogen) atoms. The van der Waals surface area contributed by atoms with Crippen molar-refractivity contribution in [2.45, 2.75) is 20.8 Å². The van der Waals surface area contributed by atoms with Crippen molar-refractivity contribution in [3.05, 3.63) is 49.1 Å². The van der Waals surface area contributed by atoms with Crippen LogP contribution in [0.2, 0.25) is 0 Å². The molecular formula is C11H18. The van der Waals surface area contributed by atoms with Crippen molar-refractivity contribution in [2.24, 2.45) is 0 Å². The molecule has 0 aromatic rings. The second-order valence-corrected chi connectivity index (χ2v) is 1.90. The van der Waals surface area contributed by atoms with Crippen LogP contribution in [0.5, 0.6) is 0 Å². The average Bonchev–Trinajstić information content (AvgIpc) is 2.03. The summed E-state index contributed by atoms with van der Waals surface area (Å²) in [5.41, 5.74) is 2.03. The van der Waals surface area contributed by atoms with E-state index in [-0.39, 0.29) is 0 Å². The molecule has 0 radical (unpaired) electrons. The molecule has 0 aromatic heterocycles. The maximum atomic E-state index is 3.72. The molecule has 0 atom stereocenters. The molecule has 0 amide bonds. The Morgan fingerprint density at radius 2 is 1.45 bits per heavy atom. The fourth-order valence-corrected chi connectivity index (χ4v) is 0.486. The highest BCUT2D eigenvalue weighted by molar-refractivity contribution is 5.33. The van der Waals surface area contributed by atoms with Crippen LogP contribution >= 0.6 is 0 Å². The van der Waals surface area contributed by atoms with Crippen molar-refractivity contribution in [2.75, 3.05) is 0 Å². The lowest BCUT2D eigenvalue weighted by molar-refractivity contribution is 1.50. The van der Waals surface area contributed by atoms with Gasteiger partial charge in [0.25, 0.3) is 0 Å². The standard InChI is InChI=1S/C9H12.C2H6/c1-5-9(6-2)7-8(3)4;1-2/h5-7H,1-3H2,4H3;1-2H3. The van der Waals surface area contributed by atoms with E-state index in [1.807, 2.05) is 26.8 Å². The zero-order valence-corrected chi connectivity index (χ0v) is 7.85. The van der Waals surface area contributed by atoms with Crippen molar-refractivity contribution in [3.8, 4) is 0 Å². The van der Waals surface area contributed by atoms with E-state index in [1.54, 1.807) is 12.2 Å². The predicted octanol–water partition coefficient (Wildman–Crippen LogP) is 3.89. The molecular weight excluding hydrogens is 132 g/mol. The molecule has 0 bridgehead atoms. The van der Waals surface area contributed by atoms with Gasteiger partial charge in [-0.15, -0.1) is 0 Å². The first-order valence-corrected chi connectivity index (χ1v) is 3.82. The highest BCUT2D eigenvalue weighted by Gasteiger charge is 1.80. The smallest absolute Gasteiger partial charge is 0.0266 e. The van der Waals surface area contributed by atoms with Crippen LogP contribution in [0.1, 0.15) is 20.8 Å². The van der Waals surface area contributed by atoms with Gasteiger partial charge in [-0.1, -0.05) is 57.4 Å². The highest BCUT2D eigenvalue weighted by atomic mass is 13.9. The second kappa shape index (κ2) is 8.96. The summed E-state index contributed by atoms with van der Waals surface area (Å²) in [6, 6.07) is 0. The topological polar surface area (TPSA) is 0 Å². The zero-order valence-electron chi connectivity index (χ0n) is 7.85. The molecule has 0 unspecified atom stereocenters. The van der Waals surface area contributed by atoms with Gasteiger partial charge in [-0.2, -0.15) is 0 Å². The van der Waals surface area contributed by atoms with E-state index in [9.17, 15) is 0 Å². The quantitative estimate of drug-likeness (QED) is 0.535. The lowest BCUT2D eigenvalue weighted by atomic mass is 10.2. The zero-order chi connectivity index (χ0) is 9.28. The van der Waals surface area contributed by atoms with E-state index in [4.69, 9.17) is 0 Å². The monoisotopic (exact) mass is 150 g/mol. The molecule has 0 saturated heterocycles. The molecule has 0 aliphatic heterocycles. The number of hydrogen-bond donors (Lipinski definition) is 0. The molecule has 0 aromatic carbocycles. The second-order valence-electron chi connectivity index (χ2n) is 1.90. The minimum atomic E-state index is 1.02. The summed E-state index contributed by atoms with van der Waals surface area (Å²) in [4.78, 5) is 0. The summed E-state index contributed by atoms with van der Waals surface area (Å²) in [5, 5.41) is 0. The van der Waals surface area contributed by atoms with Gasteiger partial charge >= 0.3 is 0 Å². The average molecular weight is 150 g/mol. The lowest BCUT2D eigenvalue weighted by Gasteiger charge is -1.89. The summed E-state index contributed by atoms with van der Waals surface area (Å²) >= 11 is 0. The van der Waals surface area contributed by atoms with Gasteiger partial charge in [-0.05, 0) is 12.5 Å². The molecule has 0 rings (SSSR count). The Morgan fingerprint density at radius 1 is 1.09 bits per heavy atom. The third-order valence-corrected chi connectivity index (χ3v) is 0.884. The fraction of sp³-hybridized carbons (Fsp3) is 0.273. The van der Waals surface area contributed by atoms with Crippen LogP contribution in [-0.2, 0) is 0 Å². The van der Waals surface area contributed by atoms with E-state index in [1.165, 1.54) is 0 Å². The minimum absolute atomic E-state index is 1.02. The molecule has 0 aliphatic rings. The summed E-state index contributed by atoms with van der Waals surface area (Å²) < 4.78 is 0. The maximum absolute atomic E-state index is 3.72. The van der Waals surface area contributed by atoms with Crippen molar-refractivity contribution in [1.82, 2.24) is 0 Å². The summed E-state index contributed by atoms with van der Waals surface area (Å²) in [5.74, 6) is 0. The van der Waals surface area contributed by atoms with Gasteiger partial charge in [-0.25, -0.2) is 0 Å². The van der Waals surface area contributed by atoms with E-state index < -0.39 is 0 Å². The maximum Gasteiger partial charge on any atom is -0.0266 e. The van der Waals surface area contributed by atoms with Gasteiger partial charge in [0.1, 0.15) is 0 Å². The van der Waals surface area contributed by atoms with Crippen LogP contribution < -0.4 is 0 Å². The van der Waals surface area contributed by atoms with Gasteiger partial charge in [0.2, 0.25) is 0 Å². The first kappa shape index (κ1) is 12.6. The molecule has 0 saturated carbocycles. The number of rotatable bonds is 3. The normalized spacial score (nSPS) is 6.82. The Kier molecular flexibility index (Phi) is 10.3. The summed E-state index contributed by atoms with van der Waals surface area (Å²) in [7, 11) is 0. The molecule has 0 heteroatoms. The molecule has 0 N–H and O–H groups in total. The van der Waals surface area contributed by atoms with Crippen LogP contribution in [-0.4, -0.2) is 0 Å². The highest BCUT2D eigenvalue weighted by Crippen LogP contribution is 2.00. The van der Waals surface area contributed by atoms with Crippen LogP contribution in [0.15, 0.2) is 49.1 Å². The number of hydrogen-bond acceptors (Lipinski definition) is 0. The Hall–Kier alpha value is -1.04. The van der Waals surface area contributed by atoms with Crippen molar-refractivity contribution >= 4 is 0 Å². The summed E-state index contributed by atoms with van der Waals surface area (Å²) in [6.07, 6.45) is 5.43. The first-order valence-electron chi connectivity index (χ1n) is 3.82. The Bertz CT molecular complexity index is 149. The van der Waals surface area contributed by atoms with Gasteiger partial charge in [0.15, 0.2) is 0 Å². The predicted molar refractivity (Wildman–Crippen MR) is 54.6 cm³/mol. The fourth-order valence-electron chi connectivity index (χ4n) is 0.486. The Morgan fingerprint density at radius 3 is 1.55 bits per heavy atom. The third kappa shape index (κ3) is 8.96. The Balaban J connectivity index is 0. The van der Waals surface area contributed by atoms with Crippen molar-refractivity contribution < 1.29 is 0 Å². The minimum Gasteiger partial charge on any atom is -0.0985 e. The van der Waals surface area contributed by atoms with Crippen molar-refractivity contribution in [3.63, 3.8) is 0 Å². The Labute approximate surface area is 70.6 Å². The van der Waals surface area contributed by atoms with Gasteiger partial charge in [-0.3, -0.25) is 0 Å². The summed E-state index contributed by atoms with van der Waals surface area (Å²) in [6.45, 7) is 16.9. The SMILES string of the molecule is C=CC(C=C)=CC(=C)C.CC. The lowest BCUT2D eigenvalue weighted by Crippen LogP contribution is -1.69. The van der Waals surface area contributed by atoms with Crippen LogP contribution in [0.3, 0.4) is 0 Å². The molecule has 0 nitrogen and oxygen atoms in total. The van der Waals surface area contributed by atoms with Crippen LogP contribution in [0, 0.1) is 0 Å². The van der Waals surface area contributed by atoms with Crippen molar-refractivity contribution in [1.29, 1.82) is 0 Å². The van der Waals surface area contributed by atoms with Gasteiger partial charge in [0, 0.05) is 0 Å². The van der Waals surface area contributed by atoms with Crippen LogP contribution in [0.4, 0.5) is 0 Å². The van der Waals surface area contributed by atoms with Gasteiger partial charge in [0.05, 0.1) is 0 Å². The van der Waals surface area contributed by atoms with E-state index >= 15 is 0 Å². The molecule has 0 spiro atoms. The van der Waals surface area contributed by atoms with Gasteiger partial charge < -0.3 is 0 Å². The molecule has 0 heterocycles. The molecule has 0 fully saturated rings. The van der Waals surface area contributed by atoms with E-state index in [0.717, 1.165) is 11.1 Å². The third-order valence-electron chi connectivity index (χ3n) is 0.884.